The molecule has 1 aromatic heterocycles. The van der Waals surface area contributed by atoms with Crippen LogP contribution in [0, 0.1) is 0 Å². The zero-order chi connectivity index (χ0) is 14.8. The second-order valence-corrected chi connectivity index (χ2v) is 6.47. The van der Waals surface area contributed by atoms with Gasteiger partial charge < -0.3 is 10.4 Å². The van der Waals surface area contributed by atoms with E-state index >= 15 is 0 Å². The van der Waals surface area contributed by atoms with Gasteiger partial charge in [-0.2, -0.15) is 0 Å². The fourth-order valence-electron chi connectivity index (χ4n) is 1.51. The van der Waals surface area contributed by atoms with Crippen LogP contribution in [0.3, 0.4) is 0 Å². The van der Waals surface area contributed by atoms with Crippen LogP contribution >= 0.6 is 23.1 Å². The molecular weight excluding hydrogens is 298 g/mol. The van der Waals surface area contributed by atoms with E-state index in [2.05, 4.69) is 22.4 Å². The number of amides is 1. The third kappa shape index (κ3) is 7.44. The molecule has 0 radical (unpaired) electrons. The molecule has 0 unspecified atom stereocenters. The van der Waals surface area contributed by atoms with Crippen LogP contribution in [0.25, 0.3) is 0 Å². The number of carboxylic acids is 1. The number of carbonyl (C=O) groups excluding carboxylic acids is 1. The summed E-state index contributed by atoms with van der Waals surface area (Å²) in [5.74, 6) is -1.02. The summed E-state index contributed by atoms with van der Waals surface area (Å²) < 4.78 is 0.547. The third-order valence-electron chi connectivity index (χ3n) is 2.48. The molecule has 0 atom stereocenters. The molecular formula is C12H19N3O3S2. The Morgan fingerprint density at radius 1 is 1.25 bits per heavy atom. The first kappa shape index (κ1) is 16.9. The summed E-state index contributed by atoms with van der Waals surface area (Å²) in [6.07, 6.45) is 6.00. The molecule has 1 heterocycles. The number of hydrogen-bond acceptors (Lipinski definition) is 6. The molecule has 0 aliphatic carbocycles. The summed E-state index contributed by atoms with van der Waals surface area (Å²) in [5, 5.41) is 19.3. The van der Waals surface area contributed by atoms with Crippen LogP contribution in [0.15, 0.2) is 4.34 Å². The third-order valence-corrected chi connectivity index (χ3v) is 4.44. The van der Waals surface area contributed by atoms with Crippen molar-refractivity contribution in [2.45, 2.75) is 49.8 Å². The topological polar surface area (TPSA) is 92.2 Å². The number of nitrogens with zero attached hydrogens (tertiary/aromatic N) is 2. The molecule has 6 nitrogen and oxygen atoms in total. The minimum Gasteiger partial charge on any atom is -0.481 e. The summed E-state index contributed by atoms with van der Waals surface area (Å²) >= 11 is 2.29. The van der Waals surface area contributed by atoms with Crippen LogP contribution in [-0.4, -0.2) is 32.9 Å². The lowest BCUT2D eigenvalue weighted by Gasteiger charge is -2.00. The van der Waals surface area contributed by atoms with Crippen molar-refractivity contribution in [3.63, 3.8) is 0 Å². The van der Waals surface area contributed by atoms with E-state index in [1.54, 1.807) is 0 Å². The minimum atomic E-state index is -0.900. The van der Waals surface area contributed by atoms with E-state index in [1.165, 1.54) is 30.6 Å². The smallest absolute Gasteiger partial charge is 0.313 e. The van der Waals surface area contributed by atoms with Crippen LogP contribution in [0.1, 0.15) is 45.4 Å². The zero-order valence-electron chi connectivity index (χ0n) is 11.4. The van der Waals surface area contributed by atoms with Gasteiger partial charge in [0.1, 0.15) is 0 Å². The lowest BCUT2D eigenvalue weighted by molar-refractivity contribution is -0.133. The van der Waals surface area contributed by atoms with Gasteiger partial charge >= 0.3 is 5.97 Å². The molecule has 2 N–H and O–H groups in total. The lowest BCUT2D eigenvalue weighted by Crippen LogP contribution is -2.10. The Bertz CT molecular complexity index is 437. The molecule has 0 aromatic carbocycles. The molecule has 1 rings (SSSR count). The number of anilines is 1. The molecule has 0 fully saturated rings. The Hall–Kier alpha value is -1.15. The fourth-order valence-corrected chi connectivity index (χ4v) is 3.00. The van der Waals surface area contributed by atoms with Crippen molar-refractivity contribution in [3.05, 3.63) is 0 Å². The van der Waals surface area contributed by atoms with Crippen molar-refractivity contribution in [3.8, 4) is 0 Å². The number of hydrogen-bond donors (Lipinski definition) is 2. The van der Waals surface area contributed by atoms with Crippen molar-refractivity contribution >= 4 is 40.1 Å². The first-order valence-corrected chi connectivity index (χ1v) is 8.40. The first-order valence-electron chi connectivity index (χ1n) is 6.59. The molecule has 8 heteroatoms. The second kappa shape index (κ2) is 9.71. The number of aliphatic carboxylic acids is 1. The van der Waals surface area contributed by atoms with Crippen molar-refractivity contribution in [1.82, 2.24) is 10.2 Å². The van der Waals surface area contributed by atoms with E-state index in [1.807, 2.05) is 0 Å². The van der Waals surface area contributed by atoms with Crippen LogP contribution in [-0.2, 0) is 9.59 Å². The molecule has 1 aromatic rings. The summed E-state index contributed by atoms with van der Waals surface area (Å²) in [6, 6.07) is 0. The number of rotatable bonds is 10. The minimum absolute atomic E-state index is 0.0555. The van der Waals surface area contributed by atoms with Crippen LogP contribution < -0.4 is 5.32 Å². The molecule has 0 aliphatic heterocycles. The van der Waals surface area contributed by atoms with Gasteiger partial charge in [0.15, 0.2) is 4.34 Å². The van der Waals surface area contributed by atoms with Crippen molar-refractivity contribution in [1.29, 1.82) is 0 Å². The van der Waals surface area contributed by atoms with E-state index < -0.39 is 5.97 Å². The Labute approximate surface area is 126 Å². The van der Waals surface area contributed by atoms with Crippen LogP contribution in [0.2, 0.25) is 0 Å². The van der Waals surface area contributed by atoms with Crippen LogP contribution in [0.4, 0.5) is 5.13 Å². The molecule has 0 aliphatic rings. The van der Waals surface area contributed by atoms with Gasteiger partial charge in [-0.05, 0) is 6.42 Å². The van der Waals surface area contributed by atoms with Crippen molar-refractivity contribution in [2.75, 3.05) is 11.1 Å². The van der Waals surface area contributed by atoms with Gasteiger partial charge in [0.2, 0.25) is 11.0 Å². The maximum absolute atomic E-state index is 11.6. The quantitative estimate of drug-likeness (QED) is 0.391. The van der Waals surface area contributed by atoms with Gasteiger partial charge in [0, 0.05) is 6.42 Å². The number of aromatic nitrogens is 2. The largest absolute Gasteiger partial charge is 0.481 e. The molecule has 0 bridgehead atoms. The maximum atomic E-state index is 11.6. The monoisotopic (exact) mass is 317 g/mol. The Balaban J connectivity index is 2.23. The summed E-state index contributed by atoms with van der Waals surface area (Å²) in [5.41, 5.74) is 0. The molecule has 0 spiro atoms. The predicted octanol–water partition coefficient (Wildman–Crippen LogP) is 3.01. The highest BCUT2D eigenvalue weighted by Gasteiger charge is 2.09. The standard InChI is InChI=1S/C12H19N3O3S2/c1-2-3-4-5-6-7-9(16)13-11-14-15-12(20-11)19-8-10(17)18/h2-8H2,1H3,(H,17,18)(H,13,14,16). The Kier molecular flexibility index (Phi) is 8.20. The average Bonchev–Trinajstić information content (AvgIpc) is 2.83. The van der Waals surface area contributed by atoms with Gasteiger partial charge in [-0.25, -0.2) is 0 Å². The highest BCUT2D eigenvalue weighted by atomic mass is 32.2. The maximum Gasteiger partial charge on any atom is 0.313 e. The van der Waals surface area contributed by atoms with Crippen molar-refractivity contribution in [2.24, 2.45) is 0 Å². The van der Waals surface area contributed by atoms with Gasteiger partial charge in [0.05, 0.1) is 5.75 Å². The number of unbranched alkanes of at least 4 members (excludes halogenated alkanes) is 4. The molecule has 0 saturated heterocycles. The number of carboxylic acid groups (broad SMARTS) is 1. The van der Waals surface area contributed by atoms with E-state index in [0.29, 0.717) is 15.9 Å². The van der Waals surface area contributed by atoms with E-state index in [9.17, 15) is 9.59 Å². The number of thioether (sulfide) groups is 1. The SMILES string of the molecule is CCCCCCCC(=O)Nc1nnc(SCC(=O)O)s1. The number of nitrogens with one attached hydrogen (secondary N) is 1. The lowest BCUT2D eigenvalue weighted by atomic mass is 10.1. The molecule has 20 heavy (non-hydrogen) atoms. The summed E-state index contributed by atoms with van der Waals surface area (Å²) in [7, 11) is 0. The highest BCUT2D eigenvalue weighted by molar-refractivity contribution is 8.01. The zero-order valence-corrected chi connectivity index (χ0v) is 13.1. The van der Waals surface area contributed by atoms with Crippen molar-refractivity contribution < 1.29 is 14.7 Å². The van der Waals surface area contributed by atoms with E-state index in [0.717, 1.165) is 24.6 Å². The van der Waals surface area contributed by atoms with Gasteiger partial charge in [-0.3, -0.25) is 9.59 Å². The predicted molar refractivity (Wildman–Crippen MR) is 80.3 cm³/mol. The van der Waals surface area contributed by atoms with Gasteiger partial charge in [-0.15, -0.1) is 10.2 Å². The van der Waals surface area contributed by atoms with Crippen LogP contribution in [0.5, 0.6) is 0 Å². The van der Waals surface area contributed by atoms with E-state index in [-0.39, 0.29) is 11.7 Å². The summed E-state index contributed by atoms with van der Waals surface area (Å²) in [6.45, 7) is 2.15. The molecule has 112 valence electrons. The Morgan fingerprint density at radius 2 is 2.00 bits per heavy atom. The summed E-state index contributed by atoms with van der Waals surface area (Å²) in [4.78, 5) is 22.1. The highest BCUT2D eigenvalue weighted by Crippen LogP contribution is 2.25. The second-order valence-electron chi connectivity index (χ2n) is 4.27. The number of carbonyl (C=O) groups is 2. The molecule has 1 amide bonds. The fraction of sp³-hybridized carbons (Fsp3) is 0.667. The van der Waals surface area contributed by atoms with Gasteiger partial charge in [-0.1, -0.05) is 55.7 Å². The molecule has 0 saturated carbocycles. The van der Waals surface area contributed by atoms with Gasteiger partial charge in [0.25, 0.3) is 0 Å². The van der Waals surface area contributed by atoms with E-state index in [4.69, 9.17) is 5.11 Å². The Morgan fingerprint density at radius 3 is 2.70 bits per heavy atom. The average molecular weight is 317 g/mol. The normalized spacial score (nSPS) is 10.4. The first-order chi connectivity index (χ1) is 9.61.